The molecule has 0 bridgehead atoms. The van der Waals surface area contributed by atoms with Gasteiger partial charge in [-0.25, -0.2) is 9.59 Å². The van der Waals surface area contributed by atoms with Gasteiger partial charge in [-0.2, -0.15) is 0 Å². The van der Waals surface area contributed by atoms with E-state index in [1.807, 2.05) is 12.2 Å². The van der Waals surface area contributed by atoms with Crippen LogP contribution in [-0.4, -0.2) is 22.2 Å². The standard InChI is InChI=1S/C10H18.C4H4O4.C4H6O/c1-3-5-7-9-10-8-6-4-2;5-3(6)1-2-4(7)8;1-3-5-4-2/h3-4H,1-2,5-10H2;1-2H,(H,5,6)(H,7,8);3-4H,1-2H2/b;2-1-;. The molecule has 130 valence electrons. The van der Waals surface area contributed by atoms with Gasteiger partial charge in [0, 0.05) is 12.2 Å². The van der Waals surface area contributed by atoms with Crippen molar-refractivity contribution in [1.82, 2.24) is 0 Å². The van der Waals surface area contributed by atoms with E-state index >= 15 is 0 Å². The number of allylic oxidation sites excluding steroid dienone is 2. The first-order valence-electron chi connectivity index (χ1n) is 7.19. The highest BCUT2D eigenvalue weighted by Gasteiger charge is 1.88. The summed E-state index contributed by atoms with van der Waals surface area (Å²) < 4.78 is 4.36. The van der Waals surface area contributed by atoms with E-state index in [4.69, 9.17) is 10.2 Å². The summed E-state index contributed by atoms with van der Waals surface area (Å²) in [7, 11) is 0. The maximum Gasteiger partial charge on any atom is 0.328 e. The number of carboxylic acids is 2. The maximum atomic E-state index is 9.55. The van der Waals surface area contributed by atoms with Crippen LogP contribution in [-0.2, 0) is 14.3 Å². The van der Waals surface area contributed by atoms with E-state index in [-0.39, 0.29) is 0 Å². The summed E-state index contributed by atoms with van der Waals surface area (Å²) in [5, 5.41) is 15.6. The lowest BCUT2D eigenvalue weighted by atomic mass is 10.1. The van der Waals surface area contributed by atoms with Crippen molar-refractivity contribution in [2.24, 2.45) is 0 Å². The number of ether oxygens (including phenoxy) is 1. The topological polar surface area (TPSA) is 83.8 Å². The normalized spacial score (nSPS) is 8.52. The first-order chi connectivity index (χ1) is 11.0. The highest BCUT2D eigenvalue weighted by molar-refractivity contribution is 5.89. The van der Waals surface area contributed by atoms with Crippen LogP contribution in [0.15, 0.2) is 63.1 Å². The third-order valence-electron chi connectivity index (χ3n) is 2.13. The monoisotopic (exact) mass is 324 g/mol. The molecule has 0 saturated carbocycles. The SMILES string of the molecule is C=CCCCCCCC=C.C=COC=C.O=C(O)/C=C\C(=O)O. The number of carbonyl (C=O) groups is 2. The van der Waals surface area contributed by atoms with Crippen molar-refractivity contribution in [3.05, 3.63) is 63.1 Å². The second-order valence-corrected chi connectivity index (χ2v) is 4.05. The summed E-state index contributed by atoms with van der Waals surface area (Å²) in [5.41, 5.74) is 0. The van der Waals surface area contributed by atoms with Gasteiger partial charge in [0.15, 0.2) is 0 Å². The number of unbranched alkanes of at least 4 members (excludes halogenated alkanes) is 5. The first-order valence-corrected chi connectivity index (χ1v) is 7.19. The molecule has 0 atom stereocenters. The number of rotatable bonds is 11. The summed E-state index contributed by atoms with van der Waals surface area (Å²) in [6.07, 6.45) is 15.4. The van der Waals surface area contributed by atoms with Gasteiger partial charge < -0.3 is 14.9 Å². The van der Waals surface area contributed by atoms with E-state index in [1.54, 1.807) is 0 Å². The molecule has 0 aliphatic heterocycles. The number of carboxylic acid groups (broad SMARTS) is 2. The Morgan fingerprint density at radius 3 is 1.26 bits per heavy atom. The number of hydrogen-bond donors (Lipinski definition) is 2. The Bertz CT molecular complexity index is 336. The van der Waals surface area contributed by atoms with Crippen LogP contribution in [0.25, 0.3) is 0 Å². The molecule has 0 aromatic heterocycles. The summed E-state index contributed by atoms with van der Waals surface area (Å²) in [6.45, 7) is 13.9. The lowest BCUT2D eigenvalue weighted by molar-refractivity contribution is -0.134. The molecule has 0 radical (unpaired) electrons. The fourth-order valence-electron chi connectivity index (χ4n) is 1.14. The van der Waals surface area contributed by atoms with Crippen molar-refractivity contribution in [3.63, 3.8) is 0 Å². The van der Waals surface area contributed by atoms with Crippen LogP contribution >= 0.6 is 0 Å². The predicted molar refractivity (Wildman–Crippen MR) is 94.0 cm³/mol. The third-order valence-corrected chi connectivity index (χ3v) is 2.13. The number of hydrogen-bond acceptors (Lipinski definition) is 3. The molecule has 0 aliphatic carbocycles. The Balaban J connectivity index is -0.000000276. The molecule has 0 spiro atoms. The smallest absolute Gasteiger partial charge is 0.328 e. The zero-order valence-corrected chi connectivity index (χ0v) is 13.7. The van der Waals surface area contributed by atoms with E-state index in [0.717, 1.165) is 0 Å². The second kappa shape index (κ2) is 24.5. The summed E-state index contributed by atoms with van der Waals surface area (Å²) >= 11 is 0. The lowest BCUT2D eigenvalue weighted by Gasteiger charge is -1.95. The minimum atomic E-state index is -1.26. The van der Waals surface area contributed by atoms with Crippen LogP contribution < -0.4 is 0 Å². The average molecular weight is 324 g/mol. The van der Waals surface area contributed by atoms with Crippen LogP contribution in [0.5, 0.6) is 0 Å². The van der Waals surface area contributed by atoms with Crippen LogP contribution in [0.3, 0.4) is 0 Å². The van der Waals surface area contributed by atoms with E-state index in [0.29, 0.717) is 12.2 Å². The Kier molecular flexibility index (Phi) is 27.0. The molecule has 0 saturated heterocycles. The second-order valence-electron chi connectivity index (χ2n) is 4.05. The average Bonchev–Trinajstić information content (AvgIpc) is 2.51. The molecule has 0 aliphatic rings. The van der Waals surface area contributed by atoms with E-state index in [2.05, 4.69) is 31.1 Å². The van der Waals surface area contributed by atoms with Crippen molar-refractivity contribution >= 4 is 11.9 Å². The van der Waals surface area contributed by atoms with Crippen LogP contribution in [0.2, 0.25) is 0 Å². The molecule has 5 nitrogen and oxygen atoms in total. The minimum Gasteiger partial charge on any atom is -0.478 e. The van der Waals surface area contributed by atoms with Gasteiger partial charge in [-0.15, -0.1) is 13.2 Å². The summed E-state index contributed by atoms with van der Waals surface area (Å²) in [5.74, 6) is -2.51. The van der Waals surface area contributed by atoms with Gasteiger partial charge in [-0.3, -0.25) is 0 Å². The van der Waals surface area contributed by atoms with Gasteiger partial charge in [0.25, 0.3) is 0 Å². The summed E-state index contributed by atoms with van der Waals surface area (Å²) in [6, 6.07) is 0. The Hall–Kier alpha value is -2.56. The Morgan fingerprint density at radius 1 is 0.739 bits per heavy atom. The molecule has 0 rings (SSSR count). The molecule has 2 N–H and O–H groups in total. The third kappa shape index (κ3) is 45.2. The van der Waals surface area contributed by atoms with Gasteiger partial charge in [0.1, 0.15) is 0 Å². The Morgan fingerprint density at radius 2 is 1.09 bits per heavy atom. The van der Waals surface area contributed by atoms with E-state index in [1.165, 1.54) is 51.0 Å². The quantitative estimate of drug-likeness (QED) is 0.249. The molecule has 0 amide bonds. The van der Waals surface area contributed by atoms with Gasteiger partial charge in [-0.1, -0.05) is 38.2 Å². The molecular weight excluding hydrogens is 296 g/mol. The van der Waals surface area contributed by atoms with Crippen LogP contribution in [0, 0.1) is 0 Å². The molecule has 0 fully saturated rings. The molecule has 0 aromatic carbocycles. The first kappa shape index (κ1) is 25.4. The van der Waals surface area contributed by atoms with E-state index < -0.39 is 11.9 Å². The van der Waals surface area contributed by atoms with Gasteiger partial charge in [0.2, 0.25) is 0 Å². The highest BCUT2D eigenvalue weighted by Crippen LogP contribution is 2.05. The molecule has 5 heteroatoms. The highest BCUT2D eigenvalue weighted by atomic mass is 16.5. The van der Waals surface area contributed by atoms with Gasteiger partial charge in [0.05, 0.1) is 12.5 Å². The molecular formula is C18H28O5. The van der Waals surface area contributed by atoms with Crippen molar-refractivity contribution in [2.45, 2.75) is 38.5 Å². The fourth-order valence-corrected chi connectivity index (χ4v) is 1.14. The van der Waals surface area contributed by atoms with Crippen molar-refractivity contribution in [1.29, 1.82) is 0 Å². The zero-order chi connectivity index (χ0) is 18.3. The van der Waals surface area contributed by atoms with Crippen molar-refractivity contribution < 1.29 is 24.5 Å². The molecule has 0 aromatic rings. The zero-order valence-electron chi connectivity index (χ0n) is 13.7. The van der Waals surface area contributed by atoms with Crippen molar-refractivity contribution in [3.8, 4) is 0 Å². The van der Waals surface area contributed by atoms with Gasteiger partial charge >= 0.3 is 11.9 Å². The largest absolute Gasteiger partial charge is 0.478 e. The van der Waals surface area contributed by atoms with Crippen molar-refractivity contribution in [2.75, 3.05) is 0 Å². The Labute approximate surface area is 139 Å². The molecule has 0 unspecified atom stereocenters. The van der Waals surface area contributed by atoms with Crippen LogP contribution in [0.4, 0.5) is 0 Å². The number of aliphatic carboxylic acids is 2. The van der Waals surface area contributed by atoms with Crippen LogP contribution in [0.1, 0.15) is 38.5 Å². The van der Waals surface area contributed by atoms with Gasteiger partial charge in [-0.05, 0) is 25.7 Å². The fraction of sp³-hybridized carbons (Fsp3) is 0.333. The van der Waals surface area contributed by atoms with E-state index in [9.17, 15) is 9.59 Å². The predicted octanol–water partition coefficient (Wildman–Crippen LogP) is 4.70. The molecule has 0 heterocycles. The lowest BCUT2D eigenvalue weighted by Crippen LogP contribution is -1.91. The molecule has 23 heavy (non-hydrogen) atoms. The maximum absolute atomic E-state index is 9.55. The summed E-state index contributed by atoms with van der Waals surface area (Å²) in [4.78, 5) is 19.1. The minimum absolute atomic E-state index is 0.558.